The highest BCUT2D eigenvalue weighted by Gasteiger charge is 2.33. The van der Waals surface area contributed by atoms with E-state index < -0.39 is 0 Å². The van der Waals surface area contributed by atoms with Crippen molar-refractivity contribution < 1.29 is 14.3 Å². The predicted molar refractivity (Wildman–Crippen MR) is 145 cm³/mol. The van der Waals surface area contributed by atoms with Gasteiger partial charge < -0.3 is 10.1 Å². The number of ether oxygens (including phenoxy) is 1. The van der Waals surface area contributed by atoms with Crippen LogP contribution in [-0.2, 0) is 16.0 Å². The summed E-state index contributed by atoms with van der Waals surface area (Å²) in [5.74, 6) is 0.0270. The summed E-state index contributed by atoms with van der Waals surface area (Å²) in [5, 5.41) is 3.10. The van der Waals surface area contributed by atoms with E-state index in [2.05, 4.69) is 42.4 Å². The Morgan fingerprint density at radius 1 is 0.914 bits per heavy atom. The minimum absolute atomic E-state index is 0.0270. The normalized spacial score (nSPS) is 17.7. The van der Waals surface area contributed by atoms with Crippen molar-refractivity contribution >= 4 is 18.2 Å². The molecule has 0 fully saturated rings. The highest BCUT2D eigenvalue weighted by Crippen LogP contribution is 2.34. The highest BCUT2D eigenvalue weighted by molar-refractivity contribution is 5.98. The molecule has 5 heteroatoms. The number of benzene rings is 1. The first kappa shape index (κ1) is 29.1. The second-order valence-corrected chi connectivity index (χ2v) is 10.2. The molecule has 0 aliphatic carbocycles. The van der Waals surface area contributed by atoms with Gasteiger partial charge in [0, 0.05) is 11.6 Å². The van der Waals surface area contributed by atoms with Crippen LogP contribution in [0.2, 0.25) is 0 Å². The molecule has 0 bridgehead atoms. The van der Waals surface area contributed by atoms with Gasteiger partial charge in [0.25, 0.3) is 6.47 Å². The third kappa shape index (κ3) is 10.5. The number of aliphatic imine (C=N–C) groups is 1. The van der Waals surface area contributed by atoms with Crippen molar-refractivity contribution in [2.75, 3.05) is 6.61 Å². The van der Waals surface area contributed by atoms with E-state index in [9.17, 15) is 9.59 Å². The van der Waals surface area contributed by atoms with Crippen molar-refractivity contribution in [2.45, 2.75) is 123 Å². The van der Waals surface area contributed by atoms with E-state index >= 15 is 0 Å². The molecule has 0 saturated carbocycles. The van der Waals surface area contributed by atoms with Crippen LogP contribution < -0.4 is 5.32 Å². The van der Waals surface area contributed by atoms with Crippen molar-refractivity contribution in [2.24, 2.45) is 10.9 Å². The Kier molecular flexibility index (Phi) is 14.4. The van der Waals surface area contributed by atoms with Gasteiger partial charge in [-0.2, -0.15) is 0 Å². The first-order valence-corrected chi connectivity index (χ1v) is 14.1. The Morgan fingerprint density at radius 3 is 2.11 bits per heavy atom. The number of rotatable bonds is 19. The molecular formula is C30H48N2O3. The molecular weight excluding hydrogens is 436 g/mol. The van der Waals surface area contributed by atoms with Gasteiger partial charge in [-0.1, -0.05) is 102 Å². The minimum Gasteiger partial charge on any atom is -0.468 e. The molecule has 0 spiro atoms. The Hall–Kier alpha value is -2.17. The van der Waals surface area contributed by atoms with Crippen LogP contribution >= 0.6 is 0 Å². The van der Waals surface area contributed by atoms with Gasteiger partial charge in [-0.05, 0) is 49.8 Å². The number of carbonyl (C=O) groups excluding carboxylic acids is 2. The summed E-state index contributed by atoms with van der Waals surface area (Å²) in [4.78, 5) is 27.0. The zero-order valence-corrected chi connectivity index (χ0v) is 22.4. The van der Waals surface area contributed by atoms with Crippen LogP contribution in [0.15, 0.2) is 23.2 Å². The molecule has 1 N–H and O–H groups in total. The largest absolute Gasteiger partial charge is 0.468 e. The van der Waals surface area contributed by atoms with E-state index in [-0.39, 0.29) is 18.0 Å². The number of hydrogen-bond donors (Lipinski definition) is 1. The highest BCUT2D eigenvalue weighted by atomic mass is 16.5. The lowest BCUT2D eigenvalue weighted by molar-refractivity contribution is -0.128. The number of urea groups is 1. The van der Waals surface area contributed by atoms with Crippen molar-refractivity contribution in [1.29, 1.82) is 0 Å². The Morgan fingerprint density at radius 2 is 1.51 bits per heavy atom. The fraction of sp³-hybridized carbons (Fsp3) is 0.700. The summed E-state index contributed by atoms with van der Waals surface area (Å²) in [6, 6.07) is 6.03. The van der Waals surface area contributed by atoms with Gasteiger partial charge in [0.15, 0.2) is 0 Å². The molecule has 1 aliphatic rings. The molecule has 1 aromatic carbocycles. The van der Waals surface area contributed by atoms with Gasteiger partial charge in [0.1, 0.15) is 0 Å². The Labute approximate surface area is 213 Å². The second-order valence-electron chi connectivity index (χ2n) is 10.2. The average molecular weight is 485 g/mol. The predicted octanol–water partition coefficient (Wildman–Crippen LogP) is 8.03. The van der Waals surface area contributed by atoms with Crippen LogP contribution in [0.3, 0.4) is 0 Å². The third-order valence-electron chi connectivity index (χ3n) is 7.39. The molecule has 5 nitrogen and oxygen atoms in total. The molecule has 2 rings (SSSR count). The lowest BCUT2D eigenvalue weighted by Gasteiger charge is -2.33. The van der Waals surface area contributed by atoms with Crippen LogP contribution in [0.5, 0.6) is 0 Å². The van der Waals surface area contributed by atoms with Gasteiger partial charge in [-0.3, -0.25) is 4.79 Å². The van der Waals surface area contributed by atoms with Crippen LogP contribution in [0.4, 0.5) is 4.79 Å². The van der Waals surface area contributed by atoms with Crippen molar-refractivity contribution in [1.82, 2.24) is 5.32 Å². The zero-order valence-electron chi connectivity index (χ0n) is 22.4. The molecule has 196 valence electrons. The fourth-order valence-electron chi connectivity index (χ4n) is 5.38. The number of nitrogens with zero attached hydrogens (tertiary/aromatic N) is 1. The molecule has 0 radical (unpaired) electrons. The number of unbranched alkanes of at least 4 members (excludes halogenated alkanes) is 12. The van der Waals surface area contributed by atoms with E-state index in [1.165, 1.54) is 100 Å². The molecule has 2 atom stereocenters. The number of nitrogens with one attached hydrogen (secondary N) is 1. The van der Waals surface area contributed by atoms with Crippen molar-refractivity contribution in [3.63, 3.8) is 0 Å². The molecule has 2 unspecified atom stereocenters. The monoisotopic (exact) mass is 484 g/mol. The maximum atomic E-state index is 12.3. The molecule has 0 aromatic heterocycles. The quantitative estimate of drug-likeness (QED) is 0.160. The molecule has 1 aromatic rings. The summed E-state index contributed by atoms with van der Waals surface area (Å²) in [5.41, 5.74) is 4.53. The third-order valence-corrected chi connectivity index (χ3v) is 7.39. The van der Waals surface area contributed by atoms with Crippen molar-refractivity contribution in [3.05, 3.63) is 34.9 Å². The van der Waals surface area contributed by atoms with Crippen LogP contribution in [-0.4, -0.2) is 24.8 Å². The average Bonchev–Trinajstić information content (AvgIpc) is 2.83. The van der Waals surface area contributed by atoms with Crippen LogP contribution in [0, 0.1) is 12.8 Å². The summed E-state index contributed by atoms with van der Waals surface area (Å²) >= 11 is 0. The molecule has 1 aliphatic heterocycles. The van der Waals surface area contributed by atoms with Gasteiger partial charge in [-0.15, -0.1) is 0 Å². The molecule has 0 saturated heterocycles. The van der Waals surface area contributed by atoms with Crippen LogP contribution in [0.25, 0.3) is 0 Å². The van der Waals surface area contributed by atoms with E-state index in [0.29, 0.717) is 19.5 Å². The summed E-state index contributed by atoms with van der Waals surface area (Å²) in [6.07, 6.45) is 19.2. The summed E-state index contributed by atoms with van der Waals surface area (Å²) in [6.45, 7) is 7.11. The van der Waals surface area contributed by atoms with E-state index in [4.69, 9.17) is 4.74 Å². The summed E-state index contributed by atoms with van der Waals surface area (Å²) in [7, 11) is 0. The second kappa shape index (κ2) is 17.3. The van der Waals surface area contributed by atoms with Gasteiger partial charge in [0.05, 0.1) is 12.6 Å². The lowest BCUT2D eigenvalue weighted by Crippen LogP contribution is -2.41. The van der Waals surface area contributed by atoms with Gasteiger partial charge in [-0.25, -0.2) is 9.79 Å². The van der Waals surface area contributed by atoms with E-state index in [0.717, 1.165) is 12.1 Å². The number of amides is 2. The SMILES string of the molecule is CCCCCCCCCCCCCCCc1cccc(C)c1C1NC(=O)N=C(C)C1CCOC=O. The number of aryl methyl sites for hydroxylation is 2. The molecule has 2 amide bonds. The van der Waals surface area contributed by atoms with Gasteiger partial charge in [0.2, 0.25) is 0 Å². The molecule has 35 heavy (non-hydrogen) atoms. The Balaban J connectivity index is 1.79. The summed E-state index contributed by atoms with van der Waals surface area (Å²) < 4.78 is 4.96. The first-order chi connectivity index (χ1) is 17.1. The van der Waals surface area contributed by atoms with Crippen LogP contribution in [0.1, 0.15) is 126 Å². The fourth-order valence-corrected chi connectivity index (χ4v) is 5.38. The number of hydrogen-bond acceptors (Lipinski definition) is 3. The Bertz CT molecular complexity index is 790. The zero-order chi connectivity index (χ0) is 25.3. The number of carbonyl (C=O) groups is 2. The topological polar surface area (TPSA) is 67.8 Å². The minimum atomic E-state index is -0.282. The van der Waals surface area contributed by atoms with E-state index in [1.807, 2.05) is 6.92 Å². The van der Waals surface area contributed by atoms with Crippen molar-refractivity contribution in [3.8, 4) is 0 Å². The maximum absolute atomic E-state index is 12.3. The molecule has 1 heterocycles. The smallest absolute Gasteiger partial charge is 0.341 e. The standard InChI is InChI=1S/C30H48N2O3/c1-4-5-6-7-8-9-10-11-12-13-14-15-16-19-26-20-17-18-24(2)28(26)29-27(21-22-35-23-33)25(3)31-30(34)32-29/h17-18,20,23,27,29H,4-16,19,21-22H2,1-3H3,(H,32,34). The van der Waals surface area contributed by atoms with E-state index in [1.54, 1.807) is 0 Å². The van der Waals surface area contributed by atoms with Gasteiger partial charge >= 0.3 is 6.03 Å². The first-order valence-electron chi connectivity index (χ1n) is 14.1. The lowest BCUT2D eigenvalue weighted by atomic mass is 9.81. The maximum Gasteiger partial charge on any atom is 0.341 e.